The maximum Gasteiger partial charge on any atom is 0.408 e. The number of nitrogens with one attached hydrogen (secondary N) is 3. The highest BCUT2D eigenvalue weighted by Gasteiger charge is 2.30. The molecule has 2 aromatic rings. The summed E-state index contributed by atoms with van der Waals surface area (Å²) < 4.78 is 9.80. The first-order chi connectivity index (χ1) is 17.2. The first-order valence-corrected chi connectivity index (χ1v) is 11.1. The summed E-state index contributed by atoms with van der Waals surface area (Å²) in [5.74, 6) is -3.79. The van der Waals surface area contributed by atoms with Crippen LogP contribution in [0.2, 0.25) is 0 Å². The van der Waals surface area contributed by atoms with Crippen molar-refractivity contribution in [3.63, 3.8) is 0 Å². The minimum Gasteiger partial charge on any atom is -0.481 e. The lowest BCUT2D eigenvalue weighted by Crippen LogP contribution is -2.56. The Balaban J connectivity index is 1.98. The average molecular weight is 500 g/mol. The Bertz CT molecular complexity index is 1050. The number of alkyl carbamates (subject to hydrolysis) is 1. The van der Waals surface area contributed by atoms with E-state index >= 15 is 0 Å². The summed E-state index contributed by atoms with van der Waals surface area (Å²) in [6.45, 7) is 1.34. The van der Waals surface area contributed by atoms with Crippen LogP contribution in [0.1, 0.15) is 24.5 Å². The number of benzene rings is 2. The van der Waals surface area contributed by atoms with E-state index in [-0.39, 0.29) is 13.0 Å². The molecule has 0 saturated heterocycles. The summed E-state index contributed by atoms with van der Waals surface area (Å²) in [6, 6.07) is 14.0. The van der Waals surface area contributed by atoms with Crippen molar-refractivity contribution < 1.29 is 38.6 Å². The van der Waals surface area contributed by atoms with Crippen LogP contribution in [0.3, 0.4) is 0 Å². The van der Waals surface area contributed by atoms with E-state index in [1.807, 2.05) is 6.07 Å². The third-order valence-electron chi connectivity index (χ3n) is 5.04. The lowest BCUT2D eigenvalue weighted by atomic mass is 10.0. The van der Waals surface area contributed by atoms with E-state index in [4.69, 9.17) is 9.47 Å². The number of rotatable bonds is 12. The van der Waals surface area contributed by atoms with Crippen molar-refractivity contribution in [2.45, 2.75) is 44.5 Å². The molecule has 0 radical (unpaired) electrons. The number of carbonyl (C=O) groups excluding carboxylic acids is 4. The molecule has 2 aromatic carbocycles. The highest BCUT2D eigenvalue weighted by Crippen LogP contribution is 2.06. The standard InChI is InChI=1S/C25H29N3O8/c1-16(26-25(34)36-15-18-11-7-4-8-12-18)22(31)27-19(14-21(29)30)23(32)28-20(24(33)35-2)13-17-9-5-3-6-10-17/h3-12,16,19-20H,13-15H2,1-2H3,(H,26,34)(H,27,31)(H,28,32)(H,29,30)/t16-,19-,20+/m1/s1. The molecule has 0 fully saturated rings. The summed E-state index contributed by atoms with van der Waals surface area (Å²) in [7, 11) is 1.16. The van der Waals surface area contributed by atoms with Gasteiger partial charge in [0.1, 0.15) is 24.7 Å². The number of hydrogen-bond donors (Lipinski definition) is 4. The zero-order valence-electron chi connectivity index (χ0n) is 19.9. The van der Waals surface area contributed by atoms with E-state index in [2.05, 4.69) is 16.0 Å². The zero-order chi connectivity index (χ0) is 26.5. The van der Waals surface area contributed by atoms with Crippen molar-refractivity contribution in [1.29, 1.82) is 0 Å². The lowest BCUT2D eigenvalue weighted by molar-refractivity contribution is -0.145. The van der Waals surface area contributed by atoms with Gasteiger partial charge in [0.15, 0.2) is 0 Å². The van der Waals surface area contributed by atoms with Crippen LogP contribution in [-0.4, -0.2) is 60.2 Å². The number of aliphatic carboxylic acids is 1. The predicted molar refractivity (Wildman–Crippen MR) is 128 cm³/mol. The van der Waals surface area contributed by atoms with Gasteiger partial charge >= 0.3 is 18.0 Å². The number of carboxylic acid groups (broad SMARTS) is 1. The molecular weight excluding hydrogens is 470 g/mol. The number of amides is 3. The monoisotopic (exact) mass is 499 g/mol. The Labute approximate surface area is 208 Å². The van der Waals surface area contributed by atoms with Crippen molar-refractivity contribution in [1.82, 2.24) is 16.0 Å². The van der Waals surface area contributed by atoms with Crippen molar-refractivity contribution in [3.8, 4) is 0 Å². The second-order valence-corrected chi connectivity index (χ2v) is 7.86. The summed E-state index contributed by atoms with van der Waals surface area (Å²) in [5.41, 5.74) is 1.48. The van der Waals surface area contributed by atoms with Crippen LogP contribution in [-0.2, 0) is 41.7 Å². The lowest BCUT2D eigenvalue weighted by Gasteiger charge is -2.23. The molecule has 11 heteroatoms. The molecule has 0 bridgehead atoms. The fraction of sp³-hybridized carbons (Fsp3) is 0.320. The number of carboxylic acids is 1. The normalized spacial score (nSPS) is 12.8. The summed E-state index contributed by atoms with van der Waals surface area (Å²) in [6.07, 6.45) is -1.52. The molecule has 0 heterocycles. The van der Waals surface area contributed by atoms with Gasteiger partial charge in [0.2, 0.25) is 11.8 Å². The van der Waals surface area contributed by atoms with Crippen LogP contribution in [0.5, 0.6) is 0 Å². The number of hydrogen-bond acceptors (Lipinski definition) is 7. The first-order valence-electron chi connectivity index (χ1n) is 11.1. The van der Waals surface area contributed by atoms with Crippen LogP contribution >= 0.6 is 0 Å². The van der Waals surface area contributed by atoms with Crippen LogP contribution < -0.4 is 16.0 Å². The molecule has 0 aromatic heterocycles. The number of ether oxygens (including phenoxy) is 2. The zero-order valence-corrected chi connectivity index (χ0v) is 19.9. The van der Waals surface area contributed by atoms with Crippen LogP contribution in [0.4, 0.5) is 4.79 Å². The molecule has 3 amide bonds. The molecule has 36 heavy (non-hydrogen) atoms. The van der Waals surface area contributed by atoms with Gasteiger partial charge < -0.3 is 30.5 Å². The second kappa shape index (κ2) is 14.1. The van der Waals surface area contributed by atoms with E-state index in [0.717, 1.165) is 18.2 Å². The Hall–Kier alpha value is -4.41. The van der Waals surface area contributed by atoms with Gasteiger partial charge in [0, 0.05) is 6.42 Å². The molecule has 2 rings (SSSR count). The quantitative estimate of drug-likeness (QED) is 0.317. The van der Waals surface area contributed by atoms with Gasteiger partial charge in [-0.15, -0.1) is 0 Å². The SMILES string of the molecule is COC(=O)[C@H](Cc1ccccc1)NC(=O)[C@@H](CC(=O)O)NC(=O)[C@@H](C)NC(=O)OCc1ccccc1. The Kier molecular flexibility index (Phi) is 10.9. The molecule has 0 aliphatic carbocycles. The molecule has 4 N–H and O–H groups in total. The topological polar surface area (TPSA) is 160 Å². The number of esters is 1. The summed E-state index contributed by atoms with van der Waals surface area (Å²) >= 11 is 0. The molecule has 11 nitrogen and oxygen atoms in total. The van der Waals surface area contributed by atoms with Crippen LogP contribution in [0.15, 0.2) is 60.7 Å². The average Bonchev–Trinajstić information content (AvgIpc) is 2.87. The molecule has 0 aliphatic rings. The van der Waals surface area contributed by atoms with Crippen LogP contribution in [0, 0.1) is 0 Å². The minimum absolute atomic E-state index is 0.0125. The van der Waals surface area contributed by atoms with Gasteiger partial charge in [-0.25, -0.2) is 9.59 Å². The largest absolute Gasteiger partial charge is 0.481 e. The fourth-order valence-electron chi connectivity index (χ4n) is 3.15. The maximum absolute atomic E-state index is 12.8. The second-order valence-electron chi connectivity index (χ2n) is 7.86. The van der Waals surface area contributed by atoms with Crippen molar-refractivity contribution in [3.05, 3.63) is 71.8 Å². The Morgan fingerprint density at radius 3 is 1.92 bits per heavy atom. The Morgan fingerprint density at radius 1 is 0.806 bits per heavy atom. The summed E-state index contributed by atoms with van der Waals surface area (Å²) in [5, 5.41) is 16.3. The van der Waals surface area contributed by atoms with E-state index in [0.29, 0.717) is 0 Å². The molecule has 0 unspecified atom stereocenters. The maximum atomic E-state index is 12.8. The third-order valence-corrected chi connectivity index (χ3v) is 5.04. The number of carbonyl (C=O) groups is 5. The minimum atomic E-state index is -1.51. The van der Waals surface area contributed by atoms with E-state index in [1.165, 1.54) is 6.92 Å². The Morgan fingerprint density at radius 2 is 1.36 bits per heavy atom. The van der Waals surface area contributed by atoms with Gasteiger partial charge in [-0.1, -0.05) is 60.7 Å². The predicted octanol–water partition coefficient (Wildman–Crippen LogP) is 1.16. The van der Waals surface area contributed by atoms with E-state index in [9.17, 15) is 29.1 Å². The van der Waals surface area contributed by atoms with Crippen molar-refractivity contribution in [2.24, 2.45) is 0 Å². The van der Waals surface area contributed by atoms with Gasteiger partial charge in [0.25, 0.3) is 0 Å². The number of methoxy groups -OCH3 is 1. The third kappa shape index (κ3) is 9.45. The van der Waals surface area contributed by atoms with Crippen molar-refractivity contribution >= 4 is 29.8 Å². The molecular formula is C25H29N3O8. The van der Waals surface area contributed by atoms with Gasteiger partial charge in [-0.3, -0.25) is 14.4 Å². The molecule has 0 spiro atoms. The highest BCUT2D eigenvalue weighted by atomic mass is 16.5. The molecule has 0 saturated carbocycles. The highest BCUT2D eigenvalue weighted by molar-refractivity contribution is 5.94. The van der Waals surface area contributed by atoms with Crippen LogP contribution in [0.25, 0.3) is 0 Å². The van der Waals surface area contributed by atoms with E-state index < -0.39 is 54.4 Å². The first kappa shape index (κ1) is 27.8. The van der Waals surface area contributed by atoms with E-state index in [1.54, 1.807) is 54.6 Å². The van der Waals surface area contributed by atoms with Crippen molar-refractivity contribution in [2.75, 3.05) is 7.11 Å². The van der Waals surface area contributed by atoms with Gasteiger partial charge in [0.05, 0.1) is 13.5 Å². The van der Waals surface area contributed by atoms with Gasteiger partial charge in [-0.05, 0) is 18.1 Å². The molecule has 3 atom stereocenters. The summed E-state index contributed by atoms with van der Waals surface area (Å²) in [4.78, 5) is 60.9. The fourth-order valence-corrected chi connectivity index (χ4v) is 3.15. The molecule has 192 valence electrons. The van der Waals surface area contributed by atoms with Gasteiger partial charge in [-0.2, -0.15) is 0 Å². The molecule has 0 aliphatic heterocycles. The smallest absolute Gasteiger partial charge is 0.408 e.